The molecule has 62 valence electrons. The van der Waals surface area contributed by atoms with Crippen LogP contribution < -0.4 is 0 Å². The summed E-state index contributed by atoms with van der Waals surface area (Å²) in [5.41, 5.74) is 0.287. The molecule has 0 aliphatic heterocycles. The molecule has 0 aromatic heterocycles. The van der Waals surface area contributed by atoms with E-state index in [1.54, 1.807) is 0 Å². The number of rotatable bonds is 1. The summed E-state index contributed by atoms with van der Waals surface area (Å²) in [4.78, 5) is -0.664. The zero-order valence-corrected chi connectivity index (χ0v) is 7.48. The van der Waals surface area contributed by atoms with Crippen LogP contribution in [0.5, 0.6) is 0 Å². The van der Waals surface area contributed by atoms with Crippen molar-refractivity contribution < 1.29 is 8.78 Å². The molecule has 0 aliphatic carbocycles. The van der Waals surface area contributed by atoms with Crippen LogP contribution >= 0.6 is 15.9 Å². The van der Waals surface area contributed by atoms with Gasteiger partial charge < -0.3 is 0 Å². The molecule has 0 fully saturated rings. The Bertz CT molecular complexity index is 312. The first-order chi connectivity index (χ1) is 5.63. The van der Waals surface area contributed by atoms with Crippen LogP contribution in [0, 0.1) is 23.0 Å². The smallest absolute Gasteiger partial charge is 0.126 e. The molecule has 0 saturated heterocycles. The Morgan fingerprint density at radius 1 is 1.25 bits per heavy atom. The van der Waals surface area contributed by atoms with Crippen LogP contribution in [-0.2, 0) is 0 Å². The van der Waals surface area contributed by atoms with Crippen LogP contribution in [0.3, 0.4) is 0 Å². The maximum absolute atomic E-state index is 12.6. The molecule has 0 saturated carbocycles. The first-order valence-corrected chi connectivity index (χ1v) is 4.04. The predicted octanol–water partition coefficient (Wildman–Crippen LogP) is 2.92. The Hall–Kier alpha value is -0.950. The summed E-state index contributed by atoms with van der Waals surface area (Å²) < 4.78 is 25.1. The van der Waals surface area contributed by atoms with Gasteiger partial charge in [0.1, 0.15) is 16.5 Å². The molecule has 0 spiro atoms. The lowest BCUT2D eigenvalue weighted by atomic mass is 10.1. The second-order valence-corrected chi connectivity index (χ2v) is 3.11. The van der Waals surface area contributed by atoms with E-state index in [4.69, 9.17) is 5.26 Å². The van der Waals surface area contributed by atoms with Gasteiger partial charge in [-0.15, -0.1) is 0 Å². The van der Waals surface area contributed by atoms with E-state index in [-0.39, 0.29) is 5.56 Å². The summed E-state index contributed by atoms with van der Waals surface area (Å²) in [6, 6.07) is 4.82. The van der Waals surface area contributed by atoms with E-state index in [1.807, 2.05) is 6.07 Å². The molecular formula is C8H4BrF2N. The van der Waals surface area contributed by atoms with Gasteiger partial charge in [0, 0.05) is 6.07 Å². The molecular weight excluding hydrogens is 228 g/mol. The van der Waals surface area contributed by atoms with E-state index in [9.17, 15) is 8.78 Å². The summed E-state index contributed by atoms with van der Waals surface area (Å²) in [5.74, 6) is -1.35. The SMILES string of the molecule is N#CC(Br)c1cc(F)cc(F)c1. The van der Waals surface area contributed by atoms with Crippen LogP contribution in [0.4, 0.5) is 8.78 Å². The Labute approximate surface area is 76.8 Å². The molecule has 4 heteroatoms. The minimum absolute atomic E-state index is 0.287. The van der Waals surface area contributed by atoms with Crippen LogP contribution in [-0.4, -0.2) is 0 Å². The van der Waals surface area contributed by atoms with E-state index in [2.05, 4.69) is 15.9 Å². The van der Waals surface area contributed by atoms with Crippen molar-refractivity contribution in [3.63, 3.8) is 0 Å². The van der Waals surface area contributed by atoms with Crippen molar-refractivity contribution >= 4 is 15.9 Å². The third-order valence-corrected chi connectivity index (χ3v) is 2.02. The zero-order chi connectivity index (χ0) is 9.14. The van der Waals surface area contributed by atoms with Crippen molar-refractivity contribution in [3.05, 3.63) is 35.4 Å². The van der Waals surface area contributed by atoms with Gasteiger partial charge in [-0.2, -0.15) is 5.26 Å². The van der Waals surface area contributed by atoms with Crippen LogP contribution in [0.25, 0.3) is 0 Å². The van der Waals surface area contributed by atoms with Crippen molar-refractivity contribution in [1.29, 1.82) is 5.26 Å². The number of benzene rings is 1. The van der Waals surface area contributed by atoms with Gasteiger partial charge in [-0.05, 0) is 17.7 Å². The lowest BCUT2D eigenvalue weighted by molar-refractivity contribution is 0.580. The number of alkyl halides is 1. The van der Waals surface area contributed by atoms with Gasteiger partial charge in [0.05, 0.1) is 6.07 Å². The summed E-state index contributed by atoms with van der Waals surface area (Å²) in [7, 11) is 0. The summed E-state index contributed by atoms with van der Waals surface area (Å²) in [6.45, 7) is 0. The molecule has 12 heavy (non-hydrogen) atoms. The fourth-order valence-electron chi connectivity index (χ4n) is 0.796. The minimum Gasteiger partial charge on any atom is -0.207 e. The summed E-state index contributed by atoms with van der Waals surface area (Å²) in [6.07, 6.45) is 0. The zero-order valence-electron chi connectivity index (χ0n) is 5.89. The van der Waals surface area contributed by atoms with Crippen LogP contribution in [0.15, 0.2) is 18.2 Å². The van der Waals surface area contributed by atoms with E-state index in [0.29, 0.717) is 0 Å². The van der Waals surface area contributed by atoms with Gasteiger partial charge in [0.15, 0.2) is 0 Å². The average molecular weight is 232 g/mol. The molecule has 0 heterocycles. The number of nitrogens with zero attached hydrogens (tertiary/aromatic N) is 1. The Morgan fingerprint density at radius 3 is 2.17 bits per heavy atom. The Balaban J connectivity index is 3.10. The quantitative estimate of drug-likeness (QED) is 0.683. The largest absolute Gasteiger partial charge is 0.207 e. The number of nitriles is 1. The van der Waals surface area contributed by atoms with Gasteiger partial charge in [-0.1, -0.05) is 15.9 Å². The molecule has 1 rings (SSSR count). The third-order valence-electron chi connectivity index (χ3n) is 1.29. The van der Waals surface area contributed by atoms with E-state index >= 15 is 0 Å². The molecule has 1 nitrogen and oxygen atoms in total. The summed E-state index contributed by atoms with van der Waals surface area (Å²) >= 11 is 2.96. The molecule has 0 aliphatic rings. The molecule has 0 radical (unpaired) electrons. The highest BCUT2D eigenvalue weighted by molar-refractivity contribution is 9.09. The van der Waals surface area contributed by atoms with Gasteiger partial charge >= 0.3 is 0 Å². The lowest BCUT2D eigenvalue weighted by Crippen LogP contribution is -1.89. The monoisotopic (exact) mass is 231 g/mol. The topological polar surface area (TPSA) is 23.8 Å². The van der Waals surface area contributed by atoms with Crippen molar-refractivity contribution in [2.75, 3.05) is 0 Å². The van der Waals surface area contributed by atoms with E-state index in [1.165, 1.54) is 0 Å². The van der Waals surface area contributed by atoms with Gasteiger partial charge in [-0.25, -0.2) is 8.78 Å². The third kappa shape index (κ3) is 2.02. The van der Waals surface area contributed by atoms with Gasteiger partial charge in [0.2, 0.25) is 0 Å². The second-order valence-electron chi connectivity index (χ2n) is 2.19. The van der Waals surface area contributed by atoms with Gasteiger partial charge in [0.25, 0.3) is 0 Å². The van der Waals surface area contributed by atoms with Crippen molar-refractivity contribution in [3.8, 4) is 6.07 Å². The minimum atomic E-state index is -0.676. The predicted molar refractivity (Wildman–Crippen MR) is 43.6 cm³/mol. The standard InChI is InChI=1S/C8H4BrF2N/c9-8(4-12)5-1-6(10)3-7(11)2-5/h1-3,8H. The first kappa shape index (κ1) is 9.14. The van der Waals surface area contributed by atoms with E-state index < -0.39 is 16.5 Å². The highest BCUT2D eigenvalue weighted by Crippen LogP contribution is 2.22. The molecule has 0 bridgehead atoms. The fraction of sp³-hybridized carbons (Fsp3) is 0.125. The number of hydrogen-bond donors (Lipinski definition) is 0. The maximum atomic E-state index is 12.6. The van der Waals surface area contributed by atoms with Crippen molar-refractivity contribution in [2.45, 2.75) is 4.83 Å². The number of hydrogen-bond acceptors (Lipinski definition) is 1. The summed E-state index contributed by atoms with van der Waals surface area (Å²) in [5, 5.41) is 8.43. The average Bonchev–Trinajstić information content (AvgIpc) is 2.01. The second kappa shape index (κ2) is 3.63. The molecule has 1 aromatic rings. The Kier molecular flexibility index (Phi) is 2.77. The van der Waals surface area contributed by atoms with E-state index in [0.717, 1.165) is 18.2 Å². The molecule has 1 atom stereocenters. The maximum Gasteiger partial charge on any atom is 0.126 e. The van der Waals surface area contributed by atoms with Crippen molar-refractivity contribution in [2.24, 2.45) is 0 Å². The van der Waals surface area contributed by atoms with Crippen LogP contribution in [0.1, 0.15) is 10.4 Å². The molecule has 0 N–H and O–H groups in total. The molecule has 1 aromatic carbocycles. The number of halogens is 3. The van der Waals surface area contributed by atoms with Crippen LogP contribution in [0.2, 0.25) is 0 Å². The molecule has 1 unspecified atom stereocenters. The van der Waals surface area contributed by atoms with Crippen molar-refractivity contribution in [1.82, 2.24) is 0 Å². The normalized spacial score (nSPS) is 12.2. The highest BCUT2D eigenvalue weighted by Gasteiger charge is 2.08. The Morgan fingerprint density at radius 2 is 1.75 bits per heavy atom. The lowest BCUT2D eigenvalue weighted by Gasteiger charge is -2.00. The first-order valence-electron chi connectivity index (χ1n) is 3.13. The highest BCUT2D eigenvalue weighted by atomic mass is 79.9. The van der Waals surface area contributed by atoms with Gasteiger partial charge in [-0.3, -0.25) is 0 Å². The fourth-order valence-corrected chi connectivity index (χ4v) is 1.06. The molecule has 0 amide bonds.